The summed E-state index contributed by atoms with van der Waals surface area (Å²) >= 11 is 1.99. The second-order valence-corrected chi connectivity index (χ2v) is 6.85. The number of nitrogens with zero attached hydrogens (tertiary/aromatic N) is 5. The molecule has 21 heavy (non-hydrogen) atoms. The second-order valence-electron chi connectivity index (χ2n) is 5.70. The molecule has 0 aromatic carbocycles. The summed E-state index contributed by atoms with van der Waals surface area (Å²) < 4.78 is 7.60. The van der Waals surface area contributed by atoms with E-state index in [9.17, 15) is 0 Å². The van der Waals surface area contributed by atoms with Crippen LogP contribution in [0, 0.1) is 0 Å². The van der Waals surface area contributed by atoms with Crippen molar-refractivity contribution >= 4 is 11.8 Å². The maximum atomic E-state index is 5.75. The molecule has 0 bridgehead atoms. The third-order valence-electron chi connectivity index (χ3n) is 3.66. The molecule has 0 saturated carbocycles. The van der Waals surface area contributed by atoms with Gasteiger partial charge in [-0.3, -0.25) is 9.58 Å². The van der Waals surface area contributed by atoms with Crippen molar-refractivity contribution in [1.29, 1.82) is 0 Å². The third-order valence-corrected chi connectivity index (χ3v) is 4.69. The Hall–Kier alpha value is -1.34. The van der Waals surface area contributed by atoms with Crippen molar-refractivity contribution in [2.75, 3.05) is 18.1 Å². The van der Waals surface area contributed by atoms with E-state index in [2.05, 4.69) is 40.2 Å². The highest BCUT2D eigenvalue weighted by Gasteiger charge is 2.27. The van der Waals surface area contributed by atoms with Gasteiger partial charge >= 0.3 is 0 Å². The summed E-state index contributed by atoms with van der Waals surface area (Å²) in [6.45, 7) is 5.87. The molecule has 1 saturated heterocycles. The molecule has 2 aromatic heterocycles. The highest BCUT2D eigenvalue weighted by molar-refractivity contribution is 7.99. The molecule has 0 aliphatic carbocycles. The van der Waals surface area contributed by atoms with E-state index in [4.69, 9.17) is 4.42 Å². The van der Waals surface area contributed by atoms with Crippen LogP contribution in [-0.2, 0) is 13.6 Å². The van der Waals surface area contributed by atoms with Crippen molar-refractivity contribution < 1.29 is 4.42 Å². The summed E-state index contributed by atoms with van der Waals surface area (Å²) in [5.74, 6) is 3.92. The van der Waals surface area contributed by atoms with Gasteiger partial charge in [0.2, 0.25) is 11.8 Å². The third kappa shape index (κ3) is 3.29. The molecule has 0 amide bonds. The lowest BCUT2D eigenvalue weighted by Crippen LogP contribution is -2.35. The Morgan fingerprint density at radius 3 is 2.95 bits per heavy atom. The van der Waals surface area contributed by atoms with Gasteiger partial charge in [0.1, 0.15) is 0 Å². The first-order valence-electron chi connectivity index (χ1n) is 7.26. The van der Waals surface area contributed by atoms with Crippen molar-refractivity contribution in [3.8, 4) is 0 Å². The molecule has 1 fully saturated rings. The smallest absolute Gasteiger partial charge is 0.230 e. The van der Waals surface area contributed by atoms with Gasteiger partial charge < -0.3 is 4.42 Å². The van der Waals surface area contributed by atoms with Gasteiger partial charge in [0.05, 0.1) is 12.7 Å². The van der Waals surface area contributed by atoms with Gasteiger partial charge in [-0.2, -0.15) is 16.9 Å². The van der Waals surface area contributed by atoms with E-state index >= 15 is 0 Å². The van der Waals surface area contributed by atoms with Crippen molar-refractivity contribution in [2.24, 2.45) is 7.05 Å². The van der Waals surface area contributed by atoms with E-state index in [-0.39, 0.29) is 5.92 Å². The Morgan fingerprint density at radius 1 is 1.43 bits per heavy atom. The average Bonchev–Trinajstić information content (AvgIpc) is 3.09. The Labute approximate surface area is 128 Å². The average molecular weight is 307 g/mol. The molecule has 0 N–H and O–H groups in total. The first kappa shape index (κ1) is 14.6. The zero-order chi connectivity index (χ0) is 14.8. The van der Waals surface area contributed by atoms with E-state index in [1.54, 1.807) is 0 Å². The molecule has 2 aromatic rings. The number of hydrogen-bond acceptors (Lipinski definition) is 6. The van der Waals surface area contributed by atoms with E-state index in [1.165, 1.54) is 5.56 Å². The van der Waals surface area contributed by atoms with Crippen molar-refractivity contribution in [1.82, 2.24) is 24.9 Å². The van der Waals surface area contributed by atoms with Gasteiger partial charge in [-0.1, -0.05) is 13.8 Å². The van der Waals surface area contributed by atoms with Crippen LogP contribution in [0.2, 0.25) is 0 Å². The zero-order valence-electron chi connectivity index (χ0n) is 12.7. The van der Waals surface area contributed by atoms with E-state index in [1.807, 2.05) is 29.7 Å². The molecule has 1 aliphatic rings. The van der Waals surface area contributed by atoms with Crippen LogP contribution < -0.4 is 0 Å². The topological polar surface area (TPSA) is 60.0 Å². The Kier molecular flexibility index (Phi) is 4.30. The molecule has 1 unspecified atom stereocenters. The lowest BCUT2D eigenvalue weighted by atomic mass is 10.1. The minimum Gasteiger partial charge on any atom is -0.424 e. The SMILES string of the molecule is CC(C)c1nnc(CN2CCSCC2c2cnn(C)c2)o1. The van der Waals surface area contributed by atoms with Crippen LogP contribution in [0.3, 0.4) is 0 Å². The van der Waals surface area contributed by atoms with Crippen LogP contribution >= 0.6 is 11.8 Å². The molecule has 7 heteroatoms. The van der Waals surface area contributed by atoms with Gasteiger partial charge in [-0.15, -0.1) is 10.2 Å². The minimum absolute atomic E-state index is 0.275. The molecule has 114 valence electrons. The summed E-state index contributed by atoms with van der Waals surface area (Å²) in [6.07, 6.45) is 4.05. The zero-order valence-corrected chi connectivity index (χ0v) is 13.5. The van der Waals surface area contributed by atoms with Gasteiger partial charge in [0.25, 0.3) is 0 Å². The Morgan fingerprint density at radius 2 is 2.29 bits per heavy atom. The molecular weight excluding hydrogens is 286 g/mol. The number of thioether (sulfide) groups is 1. The van der Waals surface area contributed by atoms with Crippen molar-refractivity contribution in [3.63, 3.8) is 0 Å². The quantitative estimate of drug-likeness (QED) is 0.863. The highest BCUT2D eigenvalue weighted by atomic mass is 32.2. The fraction of sp³-hybridized carbons (Fsp3) is 0.643. The molecule has 6 nitrogen and oxygen atoms in total. The van der Waals surface area contributed by atoms with Crippen LogP contribution in [0.5, 0.6) is 0 Å². The van der Waals surface area contributed by atoms with Crippen LogP contribution in [0.1, 0.15) is 43.2 Å². The fourth-order valence-electron chi connectivity index (χ4n) is 2.48. The highest BCUT2D eigenvalue weighted by Crippen LogP contribution is 2.30. The second kappa shape index (κ2) is 6.19. The normalized spacial score (nSPS) is 20.3. The summed E-state index contributed by atoms with van der Waals surface area (Å²) in [6, 6.07) is 0.367. The summed E-state index contributed by atoms with van der Waals surface area (Å²) in [5, 5.41) is 12.6. The number of aryl methyl sites for hydroxylation is 1. The van der Waals surface area contributed by atoms with Crippen LogP contribution in [0.4, 0.5) is 0 Å². The number of rotatable bonds is 4. The fourth-order valence-corrected chi connectivity index (χ4v) is 3.64. The molecular formula is C14H21N5OS. The first-order valence-corrected chi connectivity index (χ1v) is 8.41. The van der Waals surface area contributed by atoms with Gasteiger partial charge in [0, 0.05) is 48.8 Å². The summed E-state index contributed by atoms with van der Waals surface area (Å²) in [5.41, 5.74) is 1.26. The van der Waals surface area contributed by atoms with Crippen LogP contribution in [0.15, 0.2) is 16.8 Å². The monoisotopic (exact) mass is 307 g/mol. The summed E-state index contributed by atoms with van der Waals surface area (Å²) in [7, 11) is 1.96. The minimum atomic E-state index is 0.275. The molecule has 1 atom stereocenters. The predicted molar refractivity (Wildman–Crippen MR) is 82.1 cm³/mol. The molecule has 0 spiro atoms. The Balaban J connectivity index is 1.74. The van der Waals surface area contributed by atoms with Crippen LogP contribution in [0.25, 0.3) is 0 Å². The Bertz CT molecular complexity index is 594. The molecule has 3 heterocycles. The molecule has 1 aliphatic heterocycles. The van der Waals surface area contributed by atoms with Crippen LogP contribution in [-0.4, -0.2) is 42.9 Å². The molecule has 0 radical (unpaired) electrons. The van der Waals surface area contributed by atoms with Gasteiger partial charge in [0.15, 0.2) is 0 Å². The van der Waals surface area contributed by atoms with Crippen molar-refractivity contribution in [3.05, 3.63) is 29.7 Å². The number of aromatic nitrogens is 4. The number of hydrogen-bond donors (Lipinski definition) is 0. The predicted octanol–water partition coefficient (Wildman–Crippen LogP) is 2.22. The maximum Gasteiger partial charge on any atom is 0.230 e. The lowest BCUT2D eigenvalue weighted by Gasteiger charge is -2.33. The van der Waals surface area contributed by atoms with E-state index < -0.39 is 0 Å². The standard InChI is InChI=1S/C14H21N5OS/c1-10(2)14-17-16-13(20-14)8-19-4-5-21-9-12(19)11-6-15-18(3)7-11/h6-7,10,12H,4-5,8-9H2,1-3H3. The lowest BCUT2D eigenvalue weighted by molar-refractivity contribution is 0.189. The van der Waals surface area contributed by atoms with E-state index in [0.717, 1.165) is 18.1 Å². The summed E-state index contributed by atoms with van der Waals surface area (Å²) in [4.78, 5) is 2.41. The van der Waals surface area contributed by atoms with Gasteiger partial charge in [-0.25, -0.2) is 0 Å². The van der Waals surface area contributed by atoms with Crippen molar-refractivity contribution in [2.45, 2.75) is 32.4 Å². The molecule has 3 rings (SSSR count). The largest absolute Gasteiger partial charge is 0.424 e. The van der Waals surface area contributed by atoms with Gasteiger partial charge in [-0.05, 0) is 0 Å². The van der Waals surface area contributed by atoms with E-state index in [0.29, 0.717) is 24.4 Å². The first-order chi connectivity index (χ1) is 10.1. The maximum absolute atomic E-state index is 5.75.